The smallest absolute Gasteiger partial charge is 0.239 e. The summed E-state index contributed by atoms with van der Waals surface area (Å²) in [5.74, 6) is 11.8. The van der Waals surface area contributed by atoms with E-state index in [9.17, 15) is 8.42 Å². The van der Waals surface area contributed by atoms with Crippen molar-refractivity contribution in [3.8, 4) is 11.1 Å². The summed E-state index contributed by atoms with van der Waals surface area (Å²) < 4.78 is 25.3. The summed E-state index contributed by atoms with van der Waals surface area (Å²) in [7, 11) is -4.11. The molecule has 0 atom stereocenters. The van der Waals surface area contributed by atoms with Crippen LogP contribution in [0.15, 0.2) is 40.5 Å². The molecule has 3 rings (SSSR count). The number of hydrazone groups is 1. The van der Waals surface area contributed by atoms with Crippen LogP contribution in [-0.2, 0) is 16.4 Å². The second-order valence-corrected chi connectivity index (χ2v) is 8.51. The highest BCUT2D eigenvalue weighted by atomic mass is 32.2. The van der Waals surface area contributed by atoms with Crippen LogP contribution in [0.4, 0.5) is 5.82 Å². The van der Waals surface area contributed by atoms with Gasteiger partial charge in [-0.1, -0.05) is 12.1 Å². The van der Waals surface area contributed by atoms with E-state index in [1.54, 1.807) is 24.3 Å². The summed E-state index contributed by atoms with van der Waals surface area (Å²) in [6.45, 7) is 1.80. The third kappa shape index (κ3) is 4.65. The Morgan fingerprint density at radius 2 is 1.97 bits per heavy atom. The van der Waals surface area contributed by atoms with Crippen molar-refractivity contribution in [1.82, 2.24) is 15.7 Å². The second-order valence-electron chi connectivity index (χ2n) is 7.01. The van der Waals surface area contributed by atoms with Gasteiger partial charge in [-0.05, 0) is 61.5 Å². The first-order valence-electron chi connectivity index (χ1n) is 9.21. The fourth-order valence-corrected chi connectivity index (χ4v) is 4.73. The van der Waals surface area contributed by atoms with Crippen LogP contribution in [-0.4, -0.2) is 32.3 Å². The number of nitrogen functional groups attached to an aromatic ring is 1. The molecular weight excluding hydrogens is 392 g/mol. The average Bonchev–Trinajstić information content (AvgIpc) is 2.70. The molecular formula is C18H26N8O2S. The summed E-state index contributed by atoms with van der Waals surface area (Å²) in [6, 6.07) is 6.93. The van der Waals surface area contributed by atoms with Crippen molar-refractivity contribution in [2.45, 2.75) is 24.2 Å². The van der Waals surface area contributed by atoms with Crippen LogP contribution in [0.1, 0.15) is 24.0 Å². The standard InChI is InChI=1S/C18H26N8O2S/c19-15-4-2-13(10-24-15)14-3-1-12(9-11-5-7-23-8-6-11)17(29(22,27)28)16(14)18(25-20)26-21/h1-4,10-11,23H,5-9,20-21H2,(H2,19,24)(H,25,26)(H2,22,27,28). The summed E-state index contributed by atoms with van der Waals surface area (Å²) in [5.41, 5.74) is 10.0. The third-order valence-electron chi connectivity index (χ3n) is 5.09. The zero-order valence-corrected chi connectivity index (χ0v) is 16.7. The molecule has 1 saturated heterocycles. The first-order valence-corrected chi connectivity index (χ1v) is 10.8. The van der Waals surface area contributed by atoms with Crippen LogP contribution >= 0.6 is 0 Å². The van der Waals surface area contributed by atoms with E-state index in [1.807, 2.05) is 0 Å². The van der Waals surface area contributed by atoms with Gasteiger partial charge in [0.25, 0.3) is 0 Å². The normalized spacial score (nSPS) is 16.0. The maximum Gasteiger partial charge on any atom is 0.239 e. The highest BCUT2D eigenvalue weighted by Gasteiger charge is 2.27. The van der Waals surface area contributed by atoms with Crippen molar-refractivity contribution in [3.05, 3.63) is 41.6 Å². The van der Waals surface area contributed by atoms with Gasteiger partial charge in [-0.3, -0.25) is 0 Å². The lowest BCUT2D eigenvalue weighted by atomic mass is 9.88. The summed E-state index contributed by atoms with van der Waals surface area (Å²) in [5, 5.41) is 12.6. The van der Waals surface area contributed by atoms with E-state index in [-0.39, 0.29) is 16.3 Å². The Hall–Kier alpha value is -2.73. The molecule has 1 aliphatic heterocycles. The number of hydrazine groups is 1. The number of piperidine rings is 1. The Morgan fingerprint density at radius 1 is 1.24 bits per heavy atom. The SMILES string of the molecule is N/N=C(\NN)c1c(-c2ccc(N)nc2)ccc(CC2CCNCC2)c1S(N)(=O)=O. The van der Waals surface area contributed by atoms with Crippen molar-refractivity contribution < 1.29 is 8.42 Å². The quantitative estimate of drug-likeness (QED) is 0.164. The molecule has 29 heavy (non-hydrogen) atoms. The summed E-state index contributed by atoms with van der Waals surface area (Å²) in [6.07, 6.45) is 4.02. The Morgan fingerprint density at radius 3 is 2.52 bits per heavy atom. The van der Waals surface area contributed by atoms with E-state index in [0.29, 0.717) is 34.8 Å². The van der Waals surface area contributed by atoms with Crippen LogP contribution in [0.25, 0.3) is 11.1 Å². The molecule has 0 radical (unpaired) electrons. The zero-order chi connectivity index (χ0) is 21.0. The van der Waals surface area contributed by atoms with Crippen LogP contribution in [0.2, 0.25) is 0 Å². The molecule has 2 heterocycles. The van der Waals surface area contributed by atoms with E-state index in [0.717, 1.165) is 25.9 Å². The molecule has 0 aliphatic carbocycles. The lowest BCUT2D eigenvalue weighted by Gasteiger charge is -2.25. The molecule has 0 bridgehead atoms. The summed E-state index contributed by atoms with van der Waals surface area (Å²) in [4.78, 5) is 4.05. The lowest BCUT2D eigenvalue weighted by Crippen LogP contribution is -2.35. The van der Waals surface area contributed by atoms with E-state index in [2.05, 4.69) is 20.8 Å². The lowest BCUT2D eigenvalue weighted by molar-refractivity contribution is 0.371. The molecule has 0 unspecified atom stereocenters. The van der Waals surface area contributed by atoms with Gasteiger partial charge in [-0.2, -0.15) is 5.10 Å². The monoisotopic (exact) mass is 418 g/mol. The van der Waals surface area contributed by atoms with Crippen LogP contribution < -0.4 is 33.3 Å². The molecule has 1 aromatic carbocycles. The minimum absolute atomic E-state index is 0.00742. The number of nitrogens with zero attached hydrogens (tertiary/aromatic N) is 2. The Labute approximate surface area is 169 Å². The number of primary sulfonamides is 1. The van der Waals surface area contributed by atoms with Gasteiger partial charge in [0.15, 0.2) is 5.84 Å². The summed E-state index contributed by atoms with van der Waals surface area (Å²) >= 11 is 0. The first-order chi connectivity index (χ1) is 13.8. The van der Waals surface area contributed by atoms with Crippen LogP contribution in [0.3, 0.4) is 0 Å². The Bertz CT molecular complexity index is 999. The molecule has 0 amide bonds. The molecule has 1 aromatic heterocycles. The fourth-order valence-electron chi connectivity index (χ4n) is 3.72. The highest BCUT2D eigenvalue weighted by Crippen LogP contribution is 2.33. The third-order valence-corrected chi connectivity index (χ3v) is 6.13. The molecule has 0 saturated carbocycles. The molecule has 2 aromatic rings. The molecule has 11 heteroatoms. The number of nitrogens with one attached hydrogen (secondary N) is 2. The van der Waals surface area contributed by atoms with Gasteiger partial charge in [-0.15, -0.1) is 0 Å². The van der Waals surface area contributed by atoms with E-state index >= 15 is 0 Å². The minimum Gasteiger partial charge on any atom is -0.384 e. The highest BCUT2D eigenvalue weighted by molar-refractivity contribution is 7.89. The number of anilines is 1. The fraction of sp³-hybridized carbons (Fsp3) is 0.333. The molecule has 156 valence electrons. The van der Waals surface area contributed by atoms with Gasteiger partial charge in [0.2, 0.25) is 10.0 Å². The minimum atomic E-state index is -4.11. The van der Waals surface area contributed by atoms with Gasteiger partial charge >= 0.3 is 0 Å². The zero-order valence-electron chi connectivity index (χ0n) is 15.9. The van der Waals surface area contributed by atoms with Crippen molar-refractivity contribution in [1.29, 1.82) is 0 Å². The topological polar surface area (TPSA) is 188 Å². The number of rotatable bonds is 5. The number of benzene rings is 1. The van der Waals surface area contributed by atoms with Crippen LogP contribution in [0, 0.1) is 5.92 Å². The molecule has 10 nitrogen and oxygen atoms in total. The van der Waals surface area contributed by atoms with E-state index in [4.69, 9.17) is 22.6 Å². The largest absolute Gasteiger partial charge is 0.384 e. The second kappa shape index (κ2) is 8.74. The number of aromatic nitrogens is 1. The van der Waals surface area contributed by atoms with Gasteiger partial charge in [-0.25, -0.2) is 24.4 Å². The van der Waals surface area contributed by atoms with Crippen molar-refractivity contribution in [3.63, 3.8) is 0 Å². The first kappa shape index (κ1) is 21.0. The predicted molar refractivity (Wildman–Crippen MR) is 113 cm³/mol. The maximum atomic E-state index is 12.7. The molecule has 10 N–H and O–H groups in total. The Balaban J connectivity index is 2.24. The number of amidine groups is 1. The van der Waals surface area contributed by atoms with Crippen molar-refractivity contribution in [2.24, 2.45) is 27.8 Å². The predicted octanol–water partition coefficient (Wildman–Crippen LogP) is -0.396. The van der Waals surface area contributed by atoms with Gasteiger partial charge in [0.05, 0.1) is 4.90 Å². The number of nitrogens with two attached hydrogens (primary N) is 4. The Kier molecular flexibility index (Phi) is 6.33. The number of hydrogen-bond acceptors (Lipinski definition) is 8. The number of sulfonamides is 1. The van der Waals surface area contributed by atoms with Crippen molar-refractivity contribution >= 4 is 21.7 Å². The van der Waals surface area contributed by atoms with Gasteiger partial charge in [0.1, 0.15) is 5.82 Å². The number of hydrogen-bond donors (Lipinski definition) is 6. The van der Waals surface area contributed by atoms with Gasteiger partial charge in [0, 0.05) is 17.3 Å². The average molecular weight is 419 g/mol. The van der Waals surface area contributed by atoms with Crippen LogP contribution in [0.5, 0.6) is 0 Å². The van der Waals surface area contributed by atoms with E-state index < -0.39 is 10.0 Å². The van der Waals surface area contributed by atoms with Crippen molar-refractivity contribution in [2.75, 3.05) is 18.8 Å². The molecule has 0 spiro atoms. The maximum absolute atomic E-state index is 12.7. The molecule has 1 aliphatic rings. The number of pyridine rings is 1. The van der Waals surface area contributed by atoms with E-state index in [1.165, 1.54) is 6.20 Å². The molecule has 1 fully saturated rings. The van der Waals surface area contributed by atoms with Gasteiger partial charge < -0.3 is 22.3 Å².